The maximum absolute atomic E-state index is 13.2. The van der Waals surface area contributed by atoms with Crippen LogP contribution in [-0.2, 0) is 10.2 Å². The zero-order valence-electron chi connectivity index (χ0n) is 16.5. The van der Waals surface area contributed by atoms with E-state index in [0.717, 1.165) is 6.08 Å². The molecule has 0 aliphatic heterocycles. The minimum Gasteiger partial charge on any atom is -0.507 e. The zero-order chi connectivity index (χ0) is 21.5. The monoisotopic (exact) mass is 390 g/mol. The zero-order valence-corrected chi connectivity index (χ0v) is 16.5. The van der Waals surface area contributed by atoms with Gasteiger partial charge in [0, 0.05) is 28.3 Å². The van der Waals surface area contributed by atoms with Gasteiger partial charge < -0.3 is 15.3 Å². The van der Waals surface area contributed by atoms with Crippen molar-refractivity contribution in [3.05, 3.63) is 82.6 Å². The molecule has 0 aromatic heterocycles. The number of phenols is 1. The van der Waals surface area contributed by atoms with Gasteiger partial charge in [0.25, 0.3) is 0 Å². The van der Waals surface area contributed by atoms with Gasteiger partial charge in [-0.15, -0.1) is 0 Å². The number of carboxylic acid groups (broad SMARTS) is 1. The van der Waals surface area contributed by atoms with Gasteiger partial charge in [-0.3, -0.25) is 4.79 Å². The highest BCUT2D eigenvalue weighted by molar-refractivity contribution is 6.34. The summed E-state index contributed by atoms with van der Waals surface area (Å²) in [5, 5.41) is 30.4. The number of carboxylic acids is 1. The van der Waals surface area contributed by atoms with Crippen LogP contribution in [0.4, 0.5) is 0 Å². The van der Waals surface area contributed by atoms with E-state index in [1.165, 1.54) is 12.1 Å². The lowest BCUT2D eigenvalue weighted by Gasteiger charge is -2.25. The van der Waals surface area contributed by atoms with Crippen LogP contribution < -0.4 is 0 Å². The van der Waals surface area contributed by atoms with Crippen molar-refractivity contribution in [2.24, 2.45) is 0 Å². The van der Waals surface area contributed by atoms with E-state index in [9.17, 15) is 19.8 Å². The summed E-state index contributed by atoms with van der Waals surface area (Å²) in [6.45, 7) is 9.59. The molecule has 29 heavy (non-hydrogen) atoms. The topological polar surface area (TPSA) is 94.8 Å². The van der Waals surface area contributed by atoms with Crippen LogP contribution in [0.2, 0.25) is 0 Å². The first-order valence-corrected chi connectivity index (χ1v) is 9.08. The number of aliphatic hydroxyl groups is 1. The van der Waals surface area contributed by atoms with Crippen molar-refractivity contribution in [2.45, 2.75) is 26.2 Å². The van der Waals surface area contributed by atoms with E-state index < -0.39 is 11.4 Å². The summed E-state index contributed by atoms with van der Waals surface area (Å²) in [5.41, 5.74) is 2.07. The average Bonchev–Trinajstić information content (AvgIpc) is 2.65. The molecule has 3 rings (SSSR count). The Bertz CT molecular complexity index is 1110. The second-order valence-corrected chi connectivity index (χ2v) is 7.96. The number of allylic oxidation sites excluding steroid dienone is 2. The molecule has 5 heteroatoms. The molecule has 0 fully saturated rings. The van der Waals surface area contributed by atoms with E-state index in [4.69, 9.17) is 5.11 Å². The molecule has 3 N–H and O–H groups in total. The van der Waals surface area contributed by atoms with Gasteiger partial charge in [0.1, 0.15) is 11.5 Å². The first-order valence-electron chi connectivity index (χ1n) is 9.08. The molecule has 2 aromatic carbocycles. The molecule has 0 saturated carbocycles. The molecule has 0 radical (unpaired) electrons. The van der Waals surface area contributed by atoms with Gasteiger partial charge in [-0.1, -0.05) is 51.6 Å². The lowest BCUT2D eigenvalue weighted by atomic mass is 9.79. The van der Waals surface area contributed by atoms with Gasteiger partial charge in [-0.05, 0) is 34.8 Å². The third-order valence-electron chi connectivity index (χ3n) is 4.89. The number of ketones is 1. The third-order valence-corrected chi connectivity index (χ3v) is 4.89. The summed E-state index contributed by atoms with van der Waals surface area (Å²) >= 11 is 0. The molecular formula is C24H22O5. The summed E-state index contributed by atoms with van der Waals surface area (Å²) < 4.78 is 0. The van der Waals surface area contributed by atoms with Crippen LogP contribution >= 0.6 is 0 Å². The van der Waals surface area contributed by atoms with Crippen molar-refractivity contribution in [2.75, 3.05) is 0 Å². The second kappa shape index (κ2) is 7.09. The summed E-state index contributed by atoms with van der Waals surface area (Å²) in [5.74, 6) is -1.82. The number of hydrogen-bond acceptors (Lipinski definition) is 4. The van der Waals surface area contributed by atoms with Crippen LogP contribution in [0, 0.1) is 0 Å². The summed E-state index contributed by atoms with van der Waals surface area (Å²) in [4.78, 5) is 24.1. The molecule has 0 spiro atoms. The Hall–Kier alpha value is -3.60. The smallest absolute Gasteiger partial charge is 0.328 e. The molecule has 148 valence electrons. The van der Waals surface area contributed by atoms with E-state index in [1.807, 2.05) is 20.8 Å². The Kier molecular flexibility index (Phi) is 4.93. The van der Waals surface area contributed by atoms with E-state index in [1.54, 1.807) is 30.3 Å². The van der Waals surface area contributed by atoms with Gasteiger partial charge in [0.2, 0.25) is 0 Å². The maximum Gasteiger partial charge on any atom is 0.328 e. The van der Waals surface area contributed by atoms with Crippen molar-refractivity contribution in [3.8, 4) is 5.75 Å². The van der Waals surface area contributed by atoms with Crippen molar-refractivity contribution < 1.29 is 24.9 Å². The maximum atomic E-state index is 13.2. The number of fused-ring (bicyclic) bond motifs is 1. The first kappa shape index (κ1) is 20.1. The fourth-order valence-electron chi connectivity index (χ4n) is 3.39. The molecule has 0 amide bonds. The normalized spacial score (nSPS) is 14.4. The SMILES string of the molecule is C=C1C(O)=C(c2cc(/C=C/C(=O)O)c(O)c(C(C)(C)C)c2)C(=O)c2ccccc21. The van der Waals surface area contributed by atoms with Gasteiger partial charge in [-0.2, -0.15) is 0 Å². The molecule has 0 bridgehead atoms. The fourth-order valence-corrected chi connectivity index (χ4v) is 3.39. The predicted octanol–water partition coefficient (Wildman–Crippen LogP) is 4.97. The van der Waals surface area contributed by atoms with E-state index in [-0.39, 0.29) is 28.4 Å². The number of carbonyl (C=O) groups excluding carboxylic acids is 1. The highest BCUT2D eigenvalue weighted by atomic mass is 16.4. The predicted molar refractivity (Wildman–Crippen MR) is 113 cm³/mol. The van der Waals surface area contributed by atoms with E-state index in [0.29, 0.717) is 27.8 Å². The van der Waals surface area contributed by atoms with Gasteiger partial charge in [-0.25, -0.2) is 4.79 Å². The van der Waals surface area contributed by atoms with Gasteiger partial charge in [0.15, 0.2) is 5.78 Å². The van der Waals surface area contributed by atoms with Crippen molar-refractivity contribution in [3.63, 3.8) is 0 Å². The number of phenolic OH excluding ortho intramolecular Hbond substituents is 1. The number of aliphatic hydroxyl groups excluding tert-OH is 1. The molecule has 1 aliphatic rings. The average molecular weight is 390 g/mol. The molecular weight excluding hydrogens is 368 g/mol. The summed E-state index contributed by atoms with van der Waals surface area (Å²) in [6.07, 6.45) is 2.18. The Morgan fingerprint density at radius 3 is 2.28 bits per heavy atom. The van der Waals surface area contributed by atoms with Crippen LogP contribution in [0.5, 0.6) is 5.75 Å². The molecule has 0 atom stereocenters. The number of carbonyl (C=O) groups is 2. The molecule has 5 nitrogen and oxygen atoms in total. The standard InChI is InChI=1S/C24H22O5/c1-13-16-7-5-6-8-17(16)23(29)20(21(13)27)15-11-14(9-10-19(25)26)22(28)18(12-15)24(2,3)4/h5-12,27-28H,1H2,2-4H3,(H,25,26)/b10-9+. The lowest BCUT2D eigenvalue weighted by Crippen LogP contribution is -2.17. The van der Waals surface area contributed by atoms with Crippen molar-refractivity contribution in [1.29, 1.82) is 0 Å². The molecule has 0 unspecified atom stereocenters. The Labute approximate surface area is 168 Å². The number of rotatable bonds is 3. The number of aliphatic carboxylic acids is 1. The second-order valence-electron chi connectivity index (χ2n) is 7.96. The van der Waals surface area contributed by atoms with Crippen LogP contribution in [0.15, 0.2) is 54.8 Å². The lowest BCUT2D eigenvalue weighted by molar-refractivity contribution is -0.131. The van der Waals surface area contributed by atoms with Crippen LogP contribution in [0.3, 0.4) is 0 Å². The van der Waals surface area contributed by atoms with Crippen LogP contribution in [0.1, 0.15) is 53.4 Å². The van der Waals surface area contributed by atoms with Crippen molar-refractivity contribution in [1.82, 2.24) is 0 Å². The summed E-state index contributed by atoms with van der Waals surface area (Å²) in [6, 6.07) is 10.0. The fraction of sp³-hybridized carbons (Fsp3) is 0.167. The number of benzene rings is 2. The highest BCUT2D eigenvalue weighted by Crippen LogP contribution is 2.41. The minimum atomic E-state index is -1.16. The number of aromatic hydroxyl groups is 1. The molecule has 2 aromatic rings. The number of Topliss-reactive ketones (excluding diaryl/α,β-unsaturated/α-hetero) is 1. The third kappa shape index (κ3) is 3.59. The van der Waals surface area contributed by atoms with Crippen LogP contribution in [-0.4, -0.2) is 27.1 Å². The minimum absolute atomic E-state index is 0.0682. The van der Waals surface area contributed by atoms with Crippen LogP contribution in [0.25, 0.3) is 17.2 Å². The van der Waals surface area contributed by atoms with E-state index in [2.05, 4.69) is 6.58 Å². The van der Waals surface area contributed by atoms with Gasteiger partial charge in [0.05, 0.1) is 5.57 Å². The Morgan fingerprint density at radius 1 is 1.07 bits per heavy atom. The quantitative estimate of drug-likeness (QED) is 0.644. The molecule has 1 aliphatic carbocycles. The van der Waals surface area contributed by atoms with Gasteiger partial charge >= 0.3 is 5.97 Å². The Balaban J connectivity index is 2.29. The largest absolute Gasteiger partial charge is 0.507 e. The van der Waals surface area contributed by atoms with Crippen molar-refractivity contribution >= 4 is 29.0 Å². The molecule has 0 saturated heterocycles. The molecule has 0 heterocycles. The highest BCUT2D eigenvalue weighted by Gasteiger charge is 2.31. The number of hydrogen-bond donors (Lipinski definition) is 3. The first-order chi connectivity index (χ1) is 13.5. The summed E-state index contributed by atoms with van der Waals surface area (Å²) in [7, 11) is 0. The Morgan fingerprint density at radius 2 is 1.69 bits per heavy atom. The van der Waals surface area contributed by atoms with E-state index >= 15 is 0 Å².